The van der Waals surface area contributed by atoms with Gasteiger partial charge >= 0.3 is 5.97 Å². The van der Waals surface area contributed by atoms with Crippen LogP contribution in [0, 0.1) is 5.92 Å². The number of Topliss-reactive ketones (excluding diaryl/α,β-unsaturated/α-hetero) is 1. The van der Waals surface area contributed by atoms with Crippen LogP contribution in [0.3, 0.4) is 0 Å². The number of thioether (sulfide) groups is 1. The van der Waals surface area contributed by atoms with Crippen molar-refractivity contribution in [1.82, 2.24) is 0 Å². The van der Waals surface area contributed by atoms with Crippen LogP contribution in [0.1, 0.15) is 63.0 Å². The van der Waals surface area contributed by atoms with Gasteiger partial charge in [-0.3, -0.25) is 14.6 Å². The van der Waals surface area contributed by atoms with Crippen LogP contribution >= 0.6 is 11.8 Å². The van der Waals surface area contributed by atoms with E-state index in [0.717, 1.165) is 28.1 Å². The zero-order chi connectivity index (χ0) is 26.7. The van der Waals surface area contributed by atoms with Gasteiger partial charge in [0.2, 0.25) is 0 Å². The maximum Gasteiger partial charge on any atom is 0.315 e. The van der Waals surface area contributed by atoms with Gasteiger partial charge in [0.05, 0.1) is 20.3 Å². The monoisotopic (exact) mass is 521 g/mol. The van der Waals surface area contributed by atoms with Crippen LogP contribution in [0.2, 0.25) is 0 Å². The Hall–Kier alpha value is -3.06. The largest absolute Gasteiger partial charge is 0.493 e. The van der Waals surface area contributed by atoms with E-state index < -0.39 is 11.8 Å². The molecule has 0 amide bonds. The summed E-state index contributed by atoms with van der Waals surface area (Å²) in [4.78, 5) is 33.2. The molecular formula is C30H35NO5S. The Kier molecular flexibility index (Phi) is 8.42. The number of hydrogen-bond donors (Lipinski definition) is 0. The lowest BCUT2D eigenvalue weighted by molar-refractivity contribution is -0.151. The number of methoxy groups -OCH3 is 2. The number of carbonyl (C=O) groups is 2. The molecule has 0 saturated heterocycles. The minimum atomic E-state index is -0.630. The van der Waals surface area contributed by atoms with E-state index in [0.29, 0.717) is 35.6 Å². The SMILES string of the molecule is CC[C@H](C)OC(=O)C1C(C)=NC2=C(C(=O)C[C@H](c3ccc(OC)c(OC)c3)C2)[C@H]1c1ccc(SC)cc1. The molecule has 2 aliphatic rings. The van der Waals surface area contributed by atoms with Crippen LogP contribution in [0.5, 0.6) is 11.5 Å². The third-order valence-electron chi connectivity index (χ3n) is 7.39. The highest BCUT2D eigenvalue weighted by atomic mass is 32.2. The molecule has 0 bridgehead atoms. The molecule has 6 nitrogen and oxygen atoms in total. The lowest BCUT2D eigenvalue weighted by Gasteiger charge is -2.37. The molecule has 0 aromatic heterocycles. The average Bonchev–Trinajstić information content (AvgIpc) is 2.91. The van der Waals surface area contributed by atoms with Crippen molar-refractivity contribution in [2.24, 2.45) is 10.9 Å². The third kappa shape index (κ3) is 5.47. The van der Waals surface area contributed by atoms with Crippen molar-refractivity contribution in [2.45, 2.75) is 62.9 Å². The third-order valence-corrected chi connectivity index (χ3v) is 8.13. The first-order chi connectivity index (χ1) is 17.8. The summed E-state index contributed by atoms with van der Waals surface area (Å²) in [7, 11) is 3.21. The summed E-state index contributed by atoms with van der Waals surface area (Å²) < 4.78 is 16.6. The Labute approximate surface area is 223 Å². The maximum absolute atomic E-state index is 13.8. The normalized spacial score (nSPS) is 22.2. The fourth-order valence-corrected chi connectivity index (χ4v) is 5.64. The van der Waals surface area contributed by atoms with Crippen LogP contribution in [-0.2, 0) is 14.3 Å². The second-order valence-corrected chi connectivity index (χ2v) is 10.5. The molecule has 4 rings (SSSR count). The summed E-state index contributed by atoms with van der Waals surface area (Å²) in [6, 6.07) is 13.9. The molecule has 0 N–H and O–H groups in total. The number of carbonyl (C=O) groups excluding carboxylic acids is 2. The molecule has 2 aromatic rings. The minimum absolute atomic E-state index is 0.0255. The van der Waals surface area contributed by atoms with Crippen molar-refractivity contribution in [3.05, 3.63) is 64.9 Å². The van der Waals surface area contributed by atoms with E-state index in [9.17, 15) is 9.59 Å². The van der Waals surface area contributed by atoms with Crippen molar-refractivity contribution >= 4 is 29.2 Å². The predicted octanol–water partition coefficient (Wildman–Crippen LogP) is 6.34. The number of esters is 1. The molecule has 2 aromatic carbocycles. The van der Waals surface area contributed by atoms with Gasteiger partial charge in [-0.05, 0) is 74.3 Å². The average molecular weight is 522 g/mol. The Morgan fingerprint density at radius 3 is 2.35 bits per heavy atom. The van der Waals surface area contributed by atoms with Gasteiger partial charge in [0.15, 0.2) is 17.3 Å². The molecule has 0 saturated carbocycles. The highest BCUT2D eigenvalue weighted by Gasteiger charge is 2.45. The van der Waals surface area contributed by atoms with Crippen molar-refractivity contribution in [3.8, 4) is 11.5 Å². The first kappa shape index (κ1) is 27.0. The summed E-state index contributed by atoms with van der Waals surface area (Å²) in [6.45, 7) is 5.75. The number of nitrogens with zero attached hydrogens (tertiary/aromatic N) is 1. The van der Waals surface area contributed by atoms with E-state index in [1.807, 2.05) is 69.5 Å². The van der Waals surface area contributed by atoms with E-state index in [1.165, 1.54) is 0 Å². The molecule has 196 valence electrons. The molecule has 1 aliphatic heterocycles. The van der Waals surface area contributed by atoms with Gasteiger partial charge in [0, 0.05) is 34.2 Å². The number of hydrogen-bond acceptors (Lipinski definition) is 7. The lowest BCUT2D eigenvalue weighted by atomic mass is 9.69. The Morgan fingerprint density at radius 1 is 1.05 bits per heavy atom. The van der Waals surface area contributed by atoms with E-state index in [2.05, 4.69) is 0 Å². The topological polar surface area (TPSA) is 74.2 Å². The van der Waals surface area contributed by atoms with Crippen LogP contribution < -0.4 is 9.47 Å². The van der Waals surface area contributed by atoms with Gasteiger partial charge in [0.25, 0.3) is 0 Å². The van der Waals surface area contributed by atoms with Crippen molar-refractivity contribution in [1.29, 1.82) is 0 Å². The number of ketones is 1. The standard InChI is InChI=1S/C30H35NO5S/c1-7-17(2)36-30(33)27-18(3)31-23-14-21(20-10-13-25(34-4)26(16-20)35-5)15-24(32)29(23)28(27)19-8-11-22(37-6)12-9-19/h8-13,16-17,21,27-28H,7,14-15H2,1-6H3/t17-,21+,27?,28-/m0/s1. The van der Waals surface area contributed by atoms with Gasteiger partial charge < -0.3 is 14.2 Å². The molecular weight excluding hydrogens is 486 g/mol. The second kappa shape index (κ2) is 11.5. The molecule has 37 heavy (non-hydrogen) atoms. The molecule has 7 heteroatoms. The van der Waals surface area contributed by atoms with Crippen molar-refractivity contribution in [3.63, 3.8) is 0 Å². The fourth-order valence-electron chi connectivity index (χ4n) is 5.23. The quantitative estimate of drug-likeness (QED) is 0.298. The van der Waals surface area contributed by atoms with Crippen molar-refractivity contribution < 1.29 is 23.8 Å². The van der Waals surface area contributed by atoms with E-state index >= 15 is 0 Å². The molecule has 1 aliphatic carbocycles. The minimum Gasteiger partial charge on any atom is -0.493 e. The number of allylic oxidation sites excluding steroid dienone is 2. The number of aliphatic imine (C=N–C) groups is 1. The molecule has 0 radical (unpaired) electrons. The number of benzene rings is 2. The zero-order valence-corrected chi connectivity index (χ0v) is 23.2. The Balaban J connectivity index is 1.76. The summed E-state index contributed by atoms with van der Waals surface area (Å²) in [5.41, 5.74) is 4.03. The second-order valence-electron chi connectivity index (χ2n) is 9.64. The Bertz CT molecular complexity index is 1230. The van der Waals surface area contributed by atoms with Crippen LogP contribution in [0.25, 0.3) is 0 Å². The van der Waals surface area contributed by atoms with E-state index in [4.69, 9.17) is 19.2 Å². The molecule has 4 atom stereocenters. The molecule has 0 spiro atoms. The fraction of sp³-hybridized carbons (Fsp3) is 0.433. The van der Waals surface area contributed by atoms with Crippen molar-refractivity contribution in [2.75, 3.05) is 20.5 Å². The summed E-state index contributed by atoms with van der Waals surface area (Å²) in [6.07, 6.45) is 3.50. The zero-order valence-electron chi connectivity index (χ0n) is 22.4. The molecule has 0 fully saturated rings. The first-order valence-electron chi connectivity index (χ1n) is 12.7. The van der Waals surface area contributed by atoms with Crippen LogP contribution in [-0.4, -0.2) is 44.0 Å². The first-order valence-corrected chi connectivity index (χ1v) is 13.9. The summed E-state index contributed by atoms with van der Waals surface area (Å²) in [5.74, 6) is -0.0982. The van der Waals surface area contributed by atoms with Gasteiger partial charge in [-0.25, -0.2) is 0 Å². The predicted molar refractivity (Wildman–Crippen MR) is 147 cm³/mol. The summed E-state index contributed by atoms with van der Waals surface area (Å²) >= 11 is 1.66. The van der Waals surface area contributed by atoms with Gasteiger partial charge in [0.1, 0.15) is 5.92 Å². The molecule has 1 heterocycles. The summed E-state index contributed by atoms with van der Waals surface area (Å²) in [5, 5.41) is 0. The van der Waals surface area contributed by atoms with Gasteiger partial charge in [-0.1, -0.05) is 25.1 Å². The lowest BCUT2D eigenvalue weighted by Crippen LogP contribution is -2.39. The highest BCUT2D eigenvalue weighted by Crippen LogP contribution is 2.47. The number of rotatable bonds is 8. The Morgan fingerprint density at radius 2 is 1.73 bits per heavy atom. The van der Waals surface area contributed by atoms with Gasteiger partial charge in [-0.2, -0.15) is 0 Å². The maximum atomic E-state index is 13.8. The van der Waals surface area contributed by atoms with E-state index in [-0.39, 0.29) is 23.8 Å². The van der Waals surface area contributed by atoms with Crippen LogP contribution in [0.15, 0.2) is 63.6 Å². The van der Waals surface area contributed by atoms with E-state index in [1.54, 1.807) is 26.0 Å². The van der Waals surface area contributed by atoms with Crippen LogP contribution in [0.4, 0.5) is 0 Å². The molecule has 1 unspecified atom stereocenters. The van der Waals surface area contributed by atoms with Gasteiger partial charge in [-0.15, -0.1) is 11.8 Å². The number of ether oxygens (including phenoxy) is 3. The smallest absolute Gasteiger partial charge is 0.315 e. The highest BCUT2D eigenvalue weighted by molar-refractivity contribution is 7.98.